The molecule has 0 atom stereocenters. The molecular formula is C19H25N5O4. The molecule has 4 N–H and O–H groups in total. The quantitative estimate of drug-likeness (QED) is 0.663. The molecule has 0 saturated carbocycles. The second kappa shape index (κ2) is 9.03. The number of H-pyrrole nitrogens is 1. The van der Waals surface area contributed by atoms with Crippen molar-refractivity contribution in [1.29, 1.82) is 0 Å². The Hall–Kier alpha value is -3.36. The van der Waals surface area contributed by atoms with Crippen LogP contribution in [0.3, 0.4) is 0 Å². The molecule has 0 radical (unpaired) electrons. The van der Waals surface area contributed by atoms with Gasteiger partial charge in [0.25, 0.3) is 11.5 Å². The van der Waals surface area contributed by atoms with E-state index in [2.05, 4.69) is 10.3 Å². The highest BCUT2D eigenvalue weighted by Crippen LogP contribution is 2.20. The highest BCUT2D eigenvalue weighted by Gasteiger charge is 2.24. The lowest BCUT2D eigenvalue weighted by atomic mass is 10.1. The van der Waals surface area contributed by atoms with E-state index in [9.17, 15) is 19.2 Å². The molecule has 150 valence electrons. The topological polar surface area (TPSA) is 130 Å². The first-order valence-corrected chi connectivity index (χ1v) is 9.12. The standard InChI is InChI=1S/C19H25N5O4/c1-4-6-11-24-16(20)15(17(26)22-19(24)28)23(5-2)18(27)13-7-9-14(10-8-13)21-12(3)25/h7-10H,4-6,11,20H2,1-3H3,(H,21,25)(H,22,26,28). The van der Waals surface area contributed by atoms with Crippen LogP contribution in [0.2, 0.25) is 0 Å². The predicted molar refractivity (Wildman–Crippen MR) is 109 cm³/mol. The summed E-state index contributed by atoms with van der Waals surface area (Å²) in [5.74, 6) is -0.690. The van der Waals surface area contributed by atoms with Crippen LogP contribution in [0.25, 0.3) is 0 Å². The number of carbonyl (C=O) groups excluding carboxylic acids is 2. The van der Waals surface area contributed by atoms with Gasteiger partial charge in [-0.05, 0) is 37.6 Å². The number of amides is 2. The number of nitrogen functional groups attached to an aromatic ring is 1. The van der Waals surface area contributed by atoms with E-state index in [-0.39, 0.29) is 24.0 Å². The molecule has 28 heavy (non-hydrogen) atoms. The fourth-order valence-corrected chi connectivity index (χ4v) is 2.83. The number of nitrogens with one attached hydrogen (secondary N) is 2. The number of aromatic nitrogens is 2. The molecule has 0 aliphatic heterocycles. The van der Waals surface area contributed by atoms with E-state index in [0.717, 1.165) is 6.42 Å². The summed E-state index contributed by atoms with van der Waals surface area (Å²) in [5.41, 5.74) is 5.62. The number of nitrogens with zero attached hydrogens (tertiary/aromatic N) is 2. The van der Waals surface area contributed by atoms with Gasteiger partial charge in [0.05, 0.1) is 0 Å². The van der Waals surface area contributed by atoms with Crippen molar-refractivity contribution in [3.63, 3.8) is 0 Å². The van der Waals surface area contributed by atoms with Crippen molar-refractivity contribution >= 4 is 29.0 Å². The maximum absolute atomic E-state index is 13.0. The number of hydrogen-bond acceptors (Lipinski definition) is 5. The monoisotopic (exact) mass is 387 g/mol. The summed E-state index contributed by atoms with van der Waals surface area (Å²) >= 11 is 0. The first kappa shape index (κ1) is 20.9. The number of unbranched alkanes of at least 4 members (excludes halogenated alkanes) is 1. The zero-order valence-corrected chi connectivity index (χ0v) is 16.2. The Balaban J connectivity index is 2.44. The molecular weight excluding hydrogens is 362 g/mol. The minimum absolute atomic E-state index is 0.0349. The van der Waals surface area contributed by atoms with Crippen molar-refractivity contribution in [2.45, 2.75) is 40.2 Å². The minimum atomic E-state index is -0.708. The molecule has 0 aliphatic rings. The van der Waals surface area contributed by atoms with Gasteiger partial charge in [-0.15, -0.1) is 0 Å². The SMILES string of the molecule is CCCCn1c(N)c(N(CC)C(=O)c2ccc(NC(C)=O)cc2)c(=O)[nH]c1=O. The van der Waals surface area contributed by atoms with Crippen molar-refractivity contribution in [3.8, 4) is 0 Å². The van der Waals surface area contributed by atoms with Gasteiger partial charge in [0.2, 0.25) is 5.91 Å². The zero-order chi connectivity index (χ0) is 20.8. The summed E-state index contributed by atoms with van der Waals surface area (Å²) in [7, 11) is 0. The molecule has 0 aliphatic carbocycles. The molecule has 0 fully saturated rings. The number of anilines is 3. The van der Waals surface area contributed by atoms with Crippen molar-refractivity contribution in [2.24, 2.45) is 0 Å². The third-order valence-electron chi connectivity index (χ3n) is 4.23. The van der Waals surface area contributed by atoms with Crippen LogP contribution in [0.1, 0.15) is 44.0 Å². The third kappa shape index (κ3) is 4.48. The van der Waals surface area contributed by atoms with Gasteiger partial charge in [-0.1, -0.05) is 13.3 Å². The first-order chi connectivity index (χ1) is 13.3. The number of aromatic amines is 1. The molecule has 0 saturated heterocycles. The Morgan fingerprint density at radius 2 is 1.82 bits per heavy atom. The number of hydrogen-bond donors (Lipinski definition) is 3. The van der Waals surface area contributed by atoms with Crippen LogP contribution >= 0.6 is 0 Å². The molecule has 0 unspecified atom stereocenters. The first-order valence-electron chi connectivity index (χ1n) is 9.12. The van der Waals surface area contributed by atoms with E-state index >= 15 is 0 Å². The van der Waals surface area contributed by atoms with Crippen LogP contribution < -0.4 is 27.2 Å². The van der Waals surface area contributed by atoms with Gasteiger partial charge < -0.3 is 16.0 Å². The zero-order valence-electron chi connectivity index (χ0n) is 16.2. The van der Waals surface area contributed by atoms with Crippen molar-refractivity contribution in [1.82, 2.24) is 9.55 Å². The molecule has 0 spiro atoms. The summed E-state index contributed by atoms with van der Waals surface area (Å²) < 4.78 is 1.27. The molecule has 1 heterocycles. The molecule has 1 aromatic heterocycles. The van der Waals surface area contributed by atoms with Gasteiger partial charge in [-0.2, -0.15) is 0 Å². The summed E-state index contributed by atoms with van der Waals surface area (Å²) in [5, 5.41) is 2.62. The van der Waals surface area contributed by atoms with Crippen molar-refractivity contribution in [3.05, 3.63) is 50.7 Å². The molecule has 2 aromatic rings. The van der Waals surface area contributed by atoms with Gasteiger partial charge in [0, 0.05) is 31.3 Å². The van der Waals surface area contributed by atoms with E-state index in [1.165, 1.54) is 16.4 Å². The van der Waals surface area contributed by atoms with Crippen LogP contribution in [0.15, 0.2) is 33.9 Å². The van der Waals surface area contributed by atoms with Crippen LogP contribution in [-0.2, 0) is 11.3 Å². The third-order valence-corrected chi connectivity index (χ3v) is 4.23. The second-order valence-electron chi connectivity index (χ2n) is 6.31. The summed E-state index contributed by atoms with van der Waals surface area (Å²) in [6, 6.07) is 6.29. The Morgan fingerprint density at radius 1 is 1.18 bits per heavy atom. The van der Waals surface area contributed by atoms with Gasteiger partial charge in [0.1, 0.15) is 5.82 Å². The largest absolute Gasteiger partial charge is 0.383 e. The van der Waals surface area contributed by atoms with Gasteiger partial charge in [-0.25, -0.2) is 4.79 Å². The highest BCUT2D eigenvalue weighted by molar-refractivity contribution is 6.07. The van der Waals surface area contributed by atoms with E-state index in [1.54, 1.807) is 31.2 Å². The van der Waals surface area contributed by atoms with Crippen molar-refractivity contribution in [2.75, 3.05) is 22.5 Å². The fourth-order valence-electron chi connectivity index (χ4n) is 2.83. The molecule has 9 nitrogen and oxygen atoms in total. The molecule has 2 rings (SSSR count). The van der Waals surface area contributed by atoms with Crippen LogP contribution in [0.5, 0.6) is 0 Å². The number of rotatable bonds is 7. The van der Waals surface area contributed by atoms with Gasteiger partial charge in [0.15, 0.2) is 5.69 Å². The van der Waals surface area contributed by atoms with E-state index in [1.807, 2.05) is 6.92 Å². The smallest absolute Gasteiger partial charge is 0.330 e. The van der Waals surface area contributed by atoms with Crippen LogP contribution in [0.4, 0.5) is 17.2 Å². The lowest BCUT2D eigenvalue weighted by Crippen LogP contribution is -2.41. The van der Waals surface area contributed by atoms with Crippen LogP contribution in [-0.4, -0.2) is 27.9 Å². The summed E-state index contributed by atoms with van der Waals surface area (Å²) in [6.45, 7) is 5.61. The average molecular weight is 387 g/mol. The van der Waals surface area contributed by atoms with E-state index < -0.39 is 17.2 Å². The molecule has 2 amide bonds. The van der Waals surface area contributed by atoms with Gasteiger partial charge in [-0.3, -0.25) is 23.9 Å². The molecule has 1 aromatic carbocycles. The number of carbonyl (C=O) groups is 2. The van der Waals surface area contributed by atoms with E-state index in [0.29, 0.717) is 24.2 Å². The Labute approximate surface area is 162 Å². The Bertz CT molecular complexity index is 975. The molecule has 9 heteroatoms. The minimum Gasteiger partial charge on any atom is -0.383 e. The lowest BCUT2D eigenvalue weighted by Gasteiger charge is -2.23. The Kier molecular flexibility index (Phi) is 6.75. The number of nitrogens with two attached hydrogens (primary N) is 1. The lowest BCUT2D eigenvalue weighted by molar-refractivity contribution is -0.114. The van der Waals surface area contributed by atoms with Gasteiger partial charge >= 0.3 is 5.69 Å². The summed E-state index contributed by atoms with van der Waals surface area (Å²) in [6.07, 6.45) is 1.55. The van der Waals surface area contributed by atoms with Crippen LogP contribution in [0, 0.1) is 0 Å². The maximum atomic E-state index is 13.0. The Morgan fingerprint density at radius 3 is 2.36 bits per heavy atom. The fraction of sp³-hybridized carbons (Fsp3) is 0.368. The van der Waals surface area contributed by atoms with E-state index in [4.69, 9.17) is 5.73 Å². The normalized spacial score (nSPS) is 10.5. The predicted octanol–water partition coefficient (Wildman–Crippen LogP) is 1.54. The highest BCUT2D eigenvalue weighted by atomic mass is 16.2. The average Bonchev–Trinajstić information content (AvgIpc) is 2.64. The maximum Gasteiger partial charge on any atom is 0.330 e. The number of benzene rings is 1. The molecule has 0 bridgehead atoms. The second-order valence-corrected chi connectivity index (χ2v) is 6.31. The van der Waals surface area contributed by atoms with Crippen molar-refractivity contribution < 1.29 is 9.59 Å². The summed E-state index contributed by atoms with van der Waals surface area (Å²) in [4.78, 5) is 52.1.